The molecule has 1 aliphatic carbocycles. The first kappa shape index (κ1) is 12.9. The Balaban J connectivity index is 1.95. The van der Waals surface area contributed by atoms with Crippen molar-refractivity contribution in [3.63, 3.8) is 0 Å². The van der Waals surface area contributed by atoms with Gasteiger partial charge in [0.25, 0.3) is 5.91 Å². The lowest BCUT2D eigenvalue weighted by molar-refractivity contribution is 0.0940. The lowest BCUT2D eigenvalue weighted by Crippen LogP contribution is -2.30. The van der Waals surface area contributed by atoms with Crippen molar-refractivity contribution < 1.29 is 9.18 Å². The molecule has 0 spiro atoms. The summed E-state index contributed by atoms with van der Waals surface area (Å²) in [6, 6.07) is 4.14. The van der Waals surface area contributed by atoms with E-state index in [0.29, 0.717) is 24.1 Å². The zero-order valence-electron chi connectivity index (χ0n) is 10.6. The molecule has 4 heteroatoms. The third kappa shape index (κ3) is 2.81. The van der Waals surface area contributed by atoms with Crippen LogP contribution in [0.5, 0.6) is 0 Å². The topological polar surface area (TPSA) is 55.1 Å². The van der Waals surface area contributed by atoms with Gasteiger partial charge in [0.05, 0.1) is 5.56 Å². The molecule has 0 saturated heterocycles. The van der Waals surface area contributed by atoms with Crippen molar-refractivity contribution in [1.82, 2.24) is 5.32 Å². The second-order valence-corrected chi connectivity index (χ2v) is 5.12. The van der Waals surface area contributed by atoms with Gasteiger partial charge in [-0.1, -0.05) is 19.8 Å². The van der Waals surface area contributed by atoms with Gasteiger partial charge in [-0.05, 0) is 36.5 Å². The molecule has 2 rings (SSSR count). The smallest absolute Gasteiger partial charge is 0.254 e. The number of nitrogens with one attached hydrogen (secondary N) is 1. The van der Waals surface area contributed by atoms with Crippen molar-refractivity contribution in [3.8, 4) is 0 Å². The molecule has 0 aromatic heterocycles. The van der Waals surface area contributed by atoms with Crippen LogP contribution in [0.4, 0.5) is 10.1 Å². The molecule has 1 aliphatic rings. The first-order chi connectivity index (χ1) is 8.58. The first-order valence-electron chi connectivity index (χ1n) is 6.41. The van der Waals surface area contributed by atoms with E-state index in [1.165, 1.54) is 31.0 Å². The maximum absolute atomic E-state index is 13.5. The van der Waals surface area contributed by atoms with Crippen LogP contribution in [0.25, 0.3) is 0 Å². The van der Waals surface area contributed by atoms with E-state index >= 15 is 0 Å². The monoisotopic (exact) mass is 250 g/mol. The van der Waals surface area contributed by atoms with E-state index in [1.807, 2.05) is 0 Å². The number of hydrogen-bond donors (Lipinski definition) is 2. The fourth-order valence-corrected chi connectivity index (χ4v) is 2.56. The number of carbonyl (C=O) groups excluding carboxylic acids is 1. The summed E-state index contributed by atoms with van der Waals surface area (Å²) in [4.78, 5) is 11.8. The SMILES string of the molecule is CC1CCCC1CNC(=O)c1ccc(N)cc1F. The quantitative estimate of drug-likeness (QED) is 0.810. The Hall–Kier alpha value is -1.58. The third-order valence-corrected chi connectivity index (χ3v) is 3.80. The predicted octanol–water partition coefficient (Wildman–Crippen LogP) is 2.57. The van der Waals surface area contributed by atoms with Gasteiger partial charge in [0, 0.05) is 12.2 Å². The minimum atomic E-state index is -0.563. The number of rotatable bonds is 3. The summed E-state index contributed by atoms with van der Waals surface area (Å²) in [7, 11) is 0. The molecule has 2 unspecified atom stereocenters. The minimum absolute atomic E-state index is 0.0647. The molecule has 1 aromatic carbocycles. The number of halogens is 1. The van der Waals surface area contributed by atoms with Gasteiger partial charge in [-0.3, -0.25) is 4.79 Å². The van der Waals surface area contributed by atoms with E-state index < -0.39 is 5.82 Å². The Labute approximate surface area is 107 Å². The van der Waals surface area contributed by atoms with E-state index in [-0.39, 0.29) is 11.5 Å². The minimum Gasteiger partial charge on any atom is -0.399 e. The molecule has 0 heterocycles. The molecule has 18 heavy (non-hydrogen) atoms. The molecule has 0 radical (unpaired) electrons. The fourth-order valence-electron chi connectivity index (χ4n) is 2.56. The molecule has 0 aliphatic heterocycles. The lowest BCUT2D eigenvalue weighted by Gasteiger charge is -2.16. The Kier molecular flexibility index (Phi) is 3.84. The van der Waals surface area contributed by atoms with E-state index in [1.54, 1.807) is 0 Å². The molecule has 1 amide bonds. The second kappa shape index (κ2) is 5.38. The van der Waals surface area contributed by atoms with Crippen LogP contribution in [-0.2, 0) is 0 Å². The highest BCUT2D eigenvalue weighted by molar-refractivity contribution is 5.94. The molecule has 1 saturated carbocycles. The number of hydrogen-bond acceptors (Lipinski definition) is 2. The molecule has 0 bridgehead atoms. The number of nitrogen functional groups attached to an aromatic ring is 1. The van der Waals surface area contributed by atoms with Crippen molar-refractivity contribution >= 4 is 11.6 Å². The van der Waals surface area contributed by atoms with E-state index in [4.69, 9.17) is 5.73 Å². The maximum Gasteiger partial charge on any atom is 0.254 e. The van der Waals surface area contributed by atoms with Crippen molar-refractivity contribution in [2.45, 2.75) is 26.2 Å². The van der Waals surface area contributed by atoms with E-state index in [2.05, 4.69) is 12.2 Å². The van der Waals surface area contributed by atoms with E-state index in [0.717, 1.165) is 6.42 Å². The number of carbonyl (C=O) groups is 1. The Morgan fingerprint density at radius 3 is 2.89 bits per heavy atom. The second-order valence-electron chi connectivity index (χ2n) is 5.12. The maximum atomic E-state index is 13.5. The molecular weight excluding hydrogens is 231 g/mol. The van der Waals surface area contributed by atoms with Crippen molar-refractivity contribution in [2.24, 2.45) is 11.8 Å². The Morgan fingerprint density at radius 1 is 1.50 bits per heavy atom. The van der Waals surface area contributed by atoms with Gasteiger partial charge in [-0.15, -0.1) is 0 Å². The number of nitrogens with two attached hydrogens (primary N) is 1. The highest BCUT2D eigenvalue weighted by atomic mass is 19.1. The van der Waals surface area contributed by atoms with E-state index in [9.17, 15) is 9.18 Å². The molecular formula is C14H19FN2O. The predicted molar refractivity (Wildman–Crippen MR) is 69.7 cm³/mol. The van der Waals surface area contributed by atoms with Gasteiger partial charge in [0.2, 0.25) is 0 Å². The van der Waals surface area contributed by atoms with Gasteiger partial charge in [0.1, 0.15) is 5.82 Å². The van der Waals surface area contributed by atoms with Gasteiger partial charge in [-0.25, -0.2) is 4.39 Å². The highest BCUT2D eigenvalue weighted by Gasteiger charge is 2.24. The number of benzene rings is 1. The summed E-state index contributed by atoms with van der Waals surface area (Å²) < 4.78 is 13.5. The zero-order valence-corrected chi connectivity index (χ0v) is 10.6. The standard InChI is InChI=1S/C14H19FN2O/c1-9-3-2-4-10(9)8-17-14(18)12-6-5-11(16)7-13(12)15/h5-7,9-10H,2-4,8,16H2,1H3,(H,17,18). The fraction of sp³-hybridized carbons (Fsp3) is 0.500. The summed E-state index contributed by atoms with van der Waals surface area (Å²) in [6.45, 7) is 2.83. The zero-order chi connectivity index (χ0) is 13.1. The van der Waals surface area contributed by atoms with Gasteiger partial charge < -0.3 is 11.1 Å². The largest absolute Gasteiger partial charge is 0.399 e. The normalized spacial score (nSPS) is 23.0. The molecule has 2 atom stereocenters. The number of anilines is 1. The van der Waals surface area contributed by atoms with Crippen molar-refractivity contribution in [3.05, 3.63) is 29.6 Å². The molecule has 1 fully saturated rings. The van der Waals surface area contributed by atoms with Crippen LogP contribution >= 0.6 is 0 Å². The molecule has 3 N–H and O–H groups in total. The average molecular weight is 250 g/mol. The van der Waals surface area contributed by atoms with Crippen molar-refractivity contribution in [1.29, 1.82) is 0 Å². The summed E-state index contributed by atoms with van der Waals surface area (Å²) >= 11 is 0. The van der Waals surface area contributed by atoms with Crippen molar-refractivity contribution in [2.75, 3.05) is 12.3 Å². The summed E-state index contributed by atoms with van der Waals surface area (Å²) in [5.41, 5.74) is 5.84. The summed E-state index contributed by atoms with van der Waals surface area (Å²) in [6.07, 6.45) is 3.58. The van der Waals surface area contributed by atoms with Gasteiger partial charge >= 0.3 is 0 Å². The van der Waals surface area contributed by atoms with Crippen LogP contribution in [0, 0.1) is 17.7 Å². The summed E-state index contributed by atoms with van der Waals surface area (Å²) in [5, 5.41) is 2.81. The Morgan fingerprint density at radius 2 is 2.28 bits per heavy atom. The number of amides is 1. The van der Waals surface area contributed by atoms with Crippen LogP contribution in [0.3, 0.4) is 0 Å². The molecule has 98 valence electrons. The lowest BCUT2D eigenvalue weighted by atomic mass is 9.98. The van der Waals surface area contributed by atoms with Crippen LogP contribution in [0.2, 0.25) is 0 Å². The van der Waals surface area contributed by atoms with Gasteiger partial charge in [0.15, 0.2) is 0 Å². The first-order valence-corrected chi connectivity index (χ1v) is 6.41. The molecule has 3 nitrogen and oxygen atoms in total. The van der Waals surface area contributed by atoms with Crippen LogP contribution < -0.4 is 11.1 Å². The highest BCUT2D eigenvalue weighted by Crippen LogP contribution is 2.30. The summed E-state index contributed by atoms with van der Waals surface area (Å²) in [5.74, 6) is 0.242. The Bertz CT molecular complexity index is 447. The van der Waals surface area contributed by atoms with Gasteiger partial charge in [-0.2, -0.15) is 0 Å². The van der Waals surface area contributed by atoms with Crippen LogP contribution in [-0.4, -0.2) is 12.5 Å². The van der Waals surface area contributed by atoms with Crippen LogP contribution in [0.1, 0.15) is 36.5 Å². The third-order valence-electron chi connectivity index (χ3n) is 3.80. The van der Waals surface area contributed by atoms with Crippen LogP contribution in [0.15, 0.2) is 18.2 Å². The molecule has 1 aromatic rings. The average Bonchev–Trinajstić information content (AvgIpc) is 2.72.